The zero-order chi connectivity index (χ0) is 17.0. The number of carboxylic acid groups (broad SMARTS) is 1. The van der Waals surface area contributed by atoms with E-state index in [1.54, 1.807) is 18.2 Å². The van der Waals surface area contributed by atoms with E-state index in [1.165, 1.54) is 30.4 Å². The average Bonchev–Trinajstić information content (AvgIpc) is 2.48. The molecule has 0 saturated carbocycles. The first-order chi connectivity index (χ1) is 10.9. The van der Waals surface area contributed by atoms with Gasteiger partial charge in [-0.3, -0.25) is 4.79 Å². The largest absolute Gasteiger partial charge is 0.478 e. The first kappa shape index (κ1) is 17.3. The zero-order valence-electron chi connectivity index (χ0n) is 11.5. The van der Waals surface area contributed by atoms with Gasteiger partial charge in [0.2, 0.25) is 5.91 Å². The molecule has 0 bridgehead atoms. The summed E-state index contributed by atoms with van der Waals surface area (Å²) in [6, 6.07) is 9.05. The van der Waals surface area contributed by atoms with E-state index in [2.05, 4.69) is 5.32 Å². The molecule has 2 N–H and O–H groups in total. The highest BCUT2D eigenvalue weighted by Crippen LogP contribution is 2.23. The van der Waals surface area contributed by atoms with Crippen molar-refractivity contribution in [3.05, 3.63) is 68.7 Å². The average molecular weight is 371 g/mol. The fourth-order valence-corrected chi connectivity index (χ4v) is 2.42. The summed E-state index contributed by atoms with van der Waals surface area (Å²) < 4.78 is 0. The molecule has 2 aromatic carbocycles. The molecule has 4 nitrogen and oxygen atoms in total. The lowest BCUT2D eigenvalue weighted by molar-refractivity contribution is -0.111. The Bertz CT molecular complexity index is 803. The van der Waals surface area contributed by atoms with Crippen LogP contribution in [-0.2, 0) is 4.79 Å². The molecule has 0 unspecified atom stereocenters. The summed E-state index contributed by atoms with van der Waals surface area (Å²) in [5.74, 6) is -1.69. The molecule has 0 heterocycles. The lowest BCUT2D eigenvalue weighted by Gasteiger charge is -2.07. The second-order valence-electron chi connectivity index (χ2n) is 4.48. The molecule has 0 saturated heterocycles. The van der Waals surface area contributed by atoms with Crippen LogP contribution in [0, 0.1) is 0 Å². The van der Waals surface area contributed by atoms with Crippen LogP contribution in [0.1, 0.15) is 15.9 Å². The van der Waals surface area contributed by atoms with Crippen molar-refractivity contribution in [3.8, 4) is 0 Å². The van der Waals surface area contributed by atoms with Crippen molar-refractivity contribution >= 4 is 58.4 Å². The summed E-state index contributed by atoms with van der Waals surface area (Å²) in [7, 11) is 0. The SMILES string of the molecule is O=C(C=Cc1ccc(Cl)cc1Cl)Nc1ccc(Cl)cc1C(=O)O. The van der Waals surface area contributed by atoms with E-state index in [9.17, 15) is 9.59 Å². The van der Waals surface area contributed by atoms with Gasteiger partial charge in [0.05, 0.1) is 11.3 Å². The predicted octanol–water partition coefficient (Wildman–Crippen LogP) is 5.00. The van der Waals surface area contributed by atoms with Crippen molar-refractivity contribution in [3.63, 3.8) is 0 Å². The van der Waals surface area contributed by atoms with E-state index >= 15 is 0 Å². The van der Waals surface area contributed by atoms with Crippen LogP contribution in [0.25, 0.3) is 6.08 Å². The van der Waals surface area contributed by atoms with Crippen LogP contribution in [0.5, 0.6) is 0 Å². The van der Waals surface area contributed by atoms with E-state index in [0.717, 1.165) is 0 Å². The van der Waals surface area contributed by atoms with Crippen LogP contribution >= 0.6 is 34.8 Å². The van der Waals surface area contributed by atoms with Gasteiger partial charge in [0.1, 0.15) is 0 Å². The topological polar surface area (TPSA) is 66.4 Å². The highest BCUT2D eigenvalue weighted by Gasteiger charge is 2.12. The van der Waals surface area contributed by atoms with Gasteiger partial charge >= 0.3 is 5.97 Å². The Kier molecular flexibility index (Phi) is 5.66. The number of hydrogen-bond donors (Lipinski definition) is 2. The first-order valence-electron chi connectivity index (χ1n) is 6.34. The molecule has 0 aliphatic carbocycles. The molecule has 2 aromatic rings. The third kappa shape index (κ3) is 4.73. The Morgan fingerprint density at radius 1 is 1.00 bits per heavy atom. The monoisotopic (exact) mass is 369 g/mol. The van der Waals surface area contributed by atoms with Gasteiger partial charge in [-0.2, -0.15) is 0 Å². The van der Waals surface area contributed by atoms with Crippen LogP contribution in [0.2, 0.25) is 15.1 Å². The molecule has 118 valence electrons. The second-order valence-corrected chi connectivity index (χ2v) is 5.76. The highest BCUT2D eigenvalue weighted by atomic mass is 35.5. The normalized spacial score (nSPS) is 10.7. The van der Waals surface area contributed by atoms with Gasteiger partial charge in [0, 0.05) is 21.1 Å². The number of amides is 1. The lowest BCUT2D eigenvalue weighted by atomic mass is 10.1. The van der Waals surface area contributed by atoms with Gasteiger partial charge in [-0.05, 0) is 42.0 Å². The van der Waals surface area contributed by atoms with Gasteiger partial charge in [-0.25, -0.2) is 4.79 Å². The minimum Gasteiger partial charge on any atom is -0.478 e. The van der Waals surface area contributed by atoms with Crippen molar-refractivity contribution in [2.75, 3.05) is 5.32 Å². The van der Waals surface area contributed by atoms with Gasteiger partial charge in [0.25, 0.3) is 0 Å². The molecule has 0 spiro atoms. The molecular weight excluding hydrogens is 361 g/mol. The fraction of sp³-hybridized carbons (Fsp3) is 0. The highest BCUT2D eigenvalue weighted by molar-refractivity contribution is 6.35. The number of rotatable bonds is 4. The molecule has 23 heavy (non-hydrogen) atoms. The quantitative estimate of drug-likeness (QED) is 0.745. The summed E-state index contributed by atoms with van der Waals surface area (Å²) in [5.41, 5.74) is 0.670. The summed E-state index contributed by atoms with van der Waals surface area (Å²) in [4.78, 5) is 23.1. The van der Waals surface area contributed by atoms with Crippen molar-refractivity contribution in [1.29, 1.82) is 0 Å². The zero-order valence-corrected chi connectivity index (χ0v) is 13.8. The summed E-state index contributed by atoms with van der Waals surface area (Å²) in [6.07, 6.45) is 2.75. The number of nitrogens with one attached hydrogen (secondary N) is 1. The Labute approximate surface area is 147 Å². The van der Waals surface area contributed by atoms with Crippen LogP contribution in [0.3, 0.4) is 0 Å². The van der Waals surface area contributed by atoms with Gasteiger partial charge in [-0.15, -0.1) is 0 Å². The van der Waals surface area contributed by atoms with Gasteiger partial charge in [-0.1, -0.05) is 40.9 Å². The lowest BCUT2D eigenvalue weighted by Crippen LogP contribution is -2.12. The number of aromatic carboxylic acids is 1. The molecule has 7 heteroatoms. The van der Waals surface area contributed by atoms with E-state index < -0.39 is 11.9 Å². The number of benzene rings is 2. The third-order valence-corrected chi connectivity index (χ3v) is 3.64. The first-order valence-corrected chi connectivity index (χ1v) is 7.47. The molecule has 0 aromatic heterocycles. The molecule has 0 radical (unpaired) electrons. The number of hydrogen-bond acceptors (Lipinski definition) is 2. The maximum Gasteiger partial charge on any atom is 0.337 e. The predicted molar refractivity (Wildman–Crippen MR) is 92.5 cm³/mol. The van der Waals surface area contributed by atoms with Crippen molar-refractivity contribution in [2.45, 2.75) is 0 Å². The molecule has 0 atom stereocenters. The molecule has 0 aliphatic heterocycles. The Hall–Kier alpha value is -2.01. The van der Waals surface area contributed by atoms with E-state index in [0.29, 0.717) is 15.6 Å². The molecule has 0 aliphatic rings. The summed E-state index contributed by atoms with van der Waals surface area (Å²) in [5, 5.41) is 12.8. The smallest absolute Gasteiger partial charge is 0.337 e. The second kappa shape index (κ2) is 7.51. The standard InChI is InChI=1S/C16H10Cl3NO3/c17-10-4-5-14(12(7-10)16(22)23)20-15(21)6-2-9-1-3-11(18)8-13(9)19/h1-8H,(H,20,21)(H,22,23). The Balaban J connectivity index is 2.17. The number of carbonyl (C=O) groups is 2. The van der Waals surface area contributed by atoms with Crippen molar-refractivity contribution in [2.24, 2.45) is 0 Å². The molecule has 2 rings (SSSR count). The number of halogens is 3. The summed E-state index contributed by atoms with van der Waals surface area (Å²) >= 11 is 17.5. The van der Waals surface area contributed by atoms with Crippen LogP contribution < -0.4 is 5.32 Å². The van der Waals surface area contributed by atoms with Crippen molar-refractivity contribution < 1.29 is 14.7 Å². The molecule has 1 amide bonds. The number of carboxylic acids is 1. The van der Waals surface area contributed by atoms with E-state index in [1.807, 2.05) is 0 Å². The molecular formula is C16H10Cl3NO3. The number of carbonyl (C=O) groups excluding carboxylic acids is 1. The van der Waals surface area contributed by atoms with Gasteiger partial charge in [0.15, 0.2) is 0 Å². The maximum atomic E-state index is 11.9. The van der Waals surface area contributed by atoms with E-state index in [-0.39, 0.29) is 16.3 Å². The van der Waals surface area contributed by atoms with Crippen LogP contribution in [0.4, 0.5) is 5.69 Å². The Morgan fingerprint density at radius 3 is 2.30 bits per heavy atom. The molecule has 0 fully saturated rings. The van der Waals surface area contributed by atoms with Crippen molar-refractivity contribution in [1.82, 2.24) is 0 Å². The minimum atomic E-state index is -1.19. The minimum absolute atomic E-state index is 0.0937. The third-order valence-electron chi connectivity index (χ3n) is 2.85. The van der Waals surface area contributed by atoms with Gasteiger partial charge < -0.3 is 10.4 Å². The number of anilines is 1. The fourth-order valence-electron chi connectivity index (χ4n) is 1.78. The van der Waals surface area contributed by atoms with E-state index in [4.69, 9.17) is 39.9 Å². The maximum absolute atomic E-state index is 11.9. The Morgan fingerprint density at radius 2 is 1.65 bits per heavy atom. The van der Waals surface area contributed by atoms with Crippen LogP contribution in [0.15, 0.2) is 42.5 Å². The van der Waals surface area contributed by atoms with Crippen LogP contribution in [-0.4, -0.2) is 17.0 Å². The summed E-state index contributed by atoms with van der Waals surface area (Å²) in [6.45, 7) is 0.